The van der Waals surface area contributed by atoms with E-state index in [9.17, 15) is 0 Å². The number of likely N-dealkylation sites (tertiary alicyclic amines) is 1. The van der Waals surface area contributed by atoms with Crippen LogP contribution in [0.25, 0.3) is 0 Å². The number of ether oxygens (including phenoxy) is 2. The Balaban J connectivity index is 0.00000320. The van der Waals surface area contributed by atoms with E-state index in [2.05, 4.69) is 44.8 Å². The molecule has 0 aliphatic carbocycles. The van der Waals surface area contributed by atoms with Crippen LogP contribution in [-0.4, -0.2) is 57.4 Å². The molecule has 7 heteroatoms. The van der Waals surface area contributed by atoms with Crippen LogP contribution < -0.4 is 15.4 Å². The Hall–Kier alpha value is -2.00. The Kier molecular flexibility index (Phi) is 10.8. The van der Waals surface area contributed by atoms with Gasteiger partial charge in [0, 0.05) is 58.9 Å². The van der Waals surface area contributed by atoms with Crippen molar-refractivity contribution in [2.75, 3.05) is 45.7 Å². The maximum atomic E-state index is 6.09. The molecule has 2 aromatic rings. The fourth-order valence-electron chi connectivity index (χ4n) is 3.43. The number of methoxy groups -OCH3 is 1. The van der Waals surface area contributed by atoms with Gasteiger partial charge in [-0.2, -0.15) is 0 Å². The third kappa shape index (κ3) is 7.68. The Morgan fingerprint density at radius 2 is 1.77 bits per heavy atom. The molecule has 1 aliphatic heterocycles. The lowest BCUT2D eigenvalue weighted by Gasteiger charge is -2.34. The number of aliphatic imine (C=N–C) groups is 1. The number of guanidine groups is 1. The van der Waals surface area contributed by atoms with Crippen LogP contribution >= 0.6 is 24.0 Å². The van der Waals surface area contributed by atoms with Gasteiger partial charge in [0.15, 0.2) is 5.96 Å². The fraction of sp³-hybridized carbons (Fsp3) is 0.435. The summed E-state index contributed by atoms with van der Waals surface area (Å²) in [6, 6.07) is 18.5. The standard InChI is InChI=1S/C23H32N4O2.HI/c1-24-23(26-18-19-8-10-20(11-9-19)25-14-17-28-2)27-15-12-22(13-16-27)29-21-6-4-3-5-7-21;/h3-11,22,25H,12-18H2,1-2H3,(H,24,26);1H. The summed E-state index contributed by atoms with van der Waals surface area (Å²) >= 11 is 0. The minimum atomic E-state index is 0. The number of nitrogens with zero attached hydrogens (tertiary/aromatic N) is 2. The molecule has 1 aliphatic rings. The molecule has 0 atom stereocenters. The van der Waals surface area contributed by atoms with E-state index in [4.69, 9.17) is 9.47 Å². The van der Waals surface area contributed by atoms with Crippen molar-refractivity contribution >= 4 is 35.6 Å². The van der Waals surface area contributed by atoms with Crippen molar-refractivity contribution in [3.05, 3.63) is 60.2 Å². The zero-order valence-corrected chi connectivity index (χ0v) is 20.2. The van der Waals surface area contributed by atoms with E-state index in [1.807, 2.05) is 37.4 Å². The van der Waals surface area contributed by atoms with Crippen LogP contribution in [0.2, 0.25) is 0 Å². The van der Waals surface area contributed by atoms with E-state index in [0.717, 1.165) is 56.4 Å². The van der Waals surface area contributed by atoms with Gasteiger partial charge < -0.3 is 25.0 Å². The van der Waals surface area contributed by atoms with Gasteiger partial charge in [-0.3, -0.25) is 4.99 Å². The molecular weight excluding hydrogens is 491 g/mol. The molecular formula is C23H33IN4O2. The molecule has 0 aromatic heterocycles. The van der Waals surface area contributed by atoms with Crippen molar-refractivity contribution in [1.29, 1.82) is 0 Å². The van der Waals surface area contributed by atoms with E-state index in [0.29, 0.717) is 6.61 Å². The van der Waals surface area contributed by atoms with Crippen LogP contribution in [0.15, 0.2) is 59.6 Å². The van der Waals surface area contributed by atoms with Crippen LogP contribution in [0.1, 0.15) is 18.4 Å². The van der Waals surface area contributed by atoms with E-state index >= 15 is 0 Å². The van der Waals surface area contributed by atoms with Crippen LogP contribution in [0.4, 0.5) is 5.69 Å². The molecule has 1 fully saturated rings. The summed E-state index contributed by atoms with van der Waals surface area (Å²) in [5.41, 5.74) is 2.33. The lowest BCUT2D eigenvalue weighted by molar-refractivity contribution is 0.129. The topological polar surface area (TPSA) is 58.1 Å². The average Bonchev–Trinajstić information content (AvgIpc) is 2.77. The van der Waals surface area contributed by atoms with Gasteiger partial charge in [0.25, 0.3) is 0 Å². The molecule has 1 heterocycles. The summed E-state index contributed by atoms with van der Waals surface area (Å²) < 4.78 is 11.2. The van der Waals surface area contributed by atoms with Crippen molar-refractivity contribution in [3.8, 4) is 5.75 Å². The molecule has 1 saturated heterocycles. The highest BCUT2D eigenvalue weighted by molar-refractivity contribution is 14.0. The van der Waals surface area contributed by atoms with Crippen LogP contribution in [-0.2, 0) is 11.3 Å². The summed E-state index contributed by atoms with van der Waals surface area (Å²) in [5.74, 6) is 1.90. The van der Waals surface area contributed by atoms with Gasteiger partial charge in [-0.1, -0.05) is 30.3 Å². The molecule has 0 bridgehead atoms. The van der Waals surface area contributed by atoms with Gasteiger partial charge in [-0.15, -0.1) is 24.0 Å². The second kappa shape index (κ2) is 13.3. The highest BCUT2D eigenvalue weighted by atomic mass is 127. The number of hydrogen-bond donors (Lipinski definition) is 2. The third-order valence-corrected chi connectivity index (χ3v) is 5.04. The average molecular weight is 524 g/mol. The number of halogens is 1. The van der Waals surface area contributed by atoms with Crippen molar-refractivity contribution in [1.82, 2.24) is 10.2 Å². The molecule has 3 rings (SSSR count). The number of para-hydroxylation sites is 1. The van der Waals surface area contributed by atoms with Crippen molar-refractivity contribution in [2.24, 2.45) is 4.99 Å². The van der Waals surface area contributed by atoms with Gasteiger partial charge in [0.05, 0.1) is 6.61 Å². The second-order valence-electron chi connectivity index (χ2n) is 7.13. The van der Waals surface area contributed by atoms with Gasteiger partial charge in [0.2, 0.25) is 0 Å². The Labute approximate surface area is 197 Å². The number of benzene rings is 2. The van der Waals surface area contributed by atoms with Gasteiger partial charge in [-0.05, 0) is 29.8 Å². The molecule has 0 amide bonds. The SMILES string of the molecule is CN=C(NCc1ccc(NCCOC)cc1)N1CCC(Oc2ccccc2)CC1.I. The molecule has 6 nitrogen and oxygen atoms in total. The van der Waals surface area contributed by atoms with E-state index in [1.54, 1.807) is 7.11 Å². The first-order valence-electron chi connectivity index (χ1n) is 10.3. The highest BCUT2D eigenvalue weighted by Gasteiger charge is 2.22. The van der Waals surface area contributed by atoms with Gasteiger partial charge >= 0.3 is 0 Å². The quantitative estimate of drug-likeness (QED) is 0.237. The highest BCUT2D eigenvalue weighted by Crippen LogP contribution is 2.18. The zero-order chi connectivity index (χ0) is 20.3. The first-order chi connectivity index (χ1) is 14.3. The number of hydrogen-bond acceptors (Lipinski definition) is 4. The largest absolute Gasteiger partial charge is 0.490 e. The lowest BCUT2D eigenvalue weighted by Crippen LogP contribution is -2.47. The van der Waals surface area contributed by atoms with Crippen LogP contribution in [0, 0.1) is 0 Å². The van der Waals surface area contributed by atoms with Crippen LogP contribution in [0.3, 0.4) is 0 Å². The maximum absolute atomic E-state index is 6.09. The smallest absolute Gasteiger partial charge is 0.193 e. The van der Waals surface area contributed by atoms with Crippen molar-refractivity contribution in [2.45, 2.75) is 25.5 Å². The van der Waals surface area contributed by atoms with Crippen molar-refractivity contribution in [3.63, 3.8) is 0 Å². The molecule has 2 aromatic carbocycles. The first-order valence-corrected chi connectivity index (χ1v) is 10.3. The monoisotopic (exact) mass is 524 g/mol. The fourth-order valence-corrected chi connectivity index (χ4v) is 3.43. The van der Waals surface area contributed by atoms with Crippen molar-refractivity contribution < 1.29 is 9.47 Å². The predicted molar refractivity (Wildman–Crippen MR) is 134 cm³/mol. The molecule has 164 valence electrons. The number of piperidine rings is 1. The number of rotatable bonds is 8. The Morgan fingerprint density at radius 3 is 2.40 bits per heavy atom. The van der Waals surface area contributed by atoms with E-state index < -0.39 is 0 Å². The van der Waals surface area contributed by atoms with E-state index in [-0.39, 0.29) is 30.1 Å². The summed E-state index contributed by atoms with van der Waals surface area (Å²) in [5, 5.41) is 6.82. The molecule has 0 unspecified atom stereocenters. The first kappa shape index (κ1) is 24.3. The summed E-state index contributed by atoms with van der Waals surface area (Å²) in [7, 11) is 3.56. The van der Waals surface area contributed by atoms with Crippen LogP contribution in [0.5, 0.6) is 5.75 Å². The summed E-state index contributed by atoms with van der Waals surface area (Å²) in [6.07, 6.45) is 2.26. The van der Waals surface area contributed by atoms with E-state index in [1.165, 1.54) is 5.56 Å². The Morgan fingerprint density at radius 1 is 1.07 bits per heavy atom. The molecule has 0 spiro atoms. The number of nitrogens with one attached hydrogen (secondary N) is 2. The Bertz CT molecular complexity index is 748. The molecule has 2 N–H and O–H groups in total. The zero-order valence-electron chi connectivity index (χ0n) is 17.8. The summed E-state index contributed by atoms with van der Waals surface area (Å²) in [6.45, 7) is 4.15. The second-order valence-corrected chi connectivity index (χ2v) is 7.13. The molecule has 30 heavy (non-hydrogen) atoms. The molecule has 0 radical (unpaired) electrons. The maximum Gasteiger partial charge on any atom is 0.193 e. The summed E-state index contributed by atoms with van der Waals surface area (Å²) in [4.78, 5) is 6.78. The number of anilines is 1. The van der Waals surface area contributed by atoms with Gasteiger partial charge in [0.1, 0.15) is 11.9 Å². The third-order valence-electron chi connectivity index (χ3n) is 5.04. The molecule has 0 saturated carbocycles. The lowest BCUT2D eigenvalue weighted by atomic mass is 10.1. The van der Waals surface area contributed by atoms with Gasteiger partial charge in [-0.25, -0.2) is 0 Å². The minimum Gasteiger partial charge on any atom is -0.490 e. The predicted octanol–water partition coefficient (Wildman–Crippen LogP) is 3.98. The normalized spacial score (nSPS) is 14.7. The minimum absolute atomic E-state index is 0.